The Balaban J connectivity index is 0.00000128. The van der Waals surface area contributed by atoms with Crippen LogP contribution in [0.2, 0.25) is 0 Å². The van der Waals surface area contributed by atoms with Crippen LogP contribution >= 0.6 is 12.4 Å². The standard InChI is InChI=1S/C13H14N2.ClH/c14-15-13-9-5-4-8-12(13)10-11-6-2-1-3-7-11;/h1-9,15H,10,14H2;1H. The van der Waals surface area contributed by atoms with Crippen LogP contribution in [-0.4, -0.2) is 0 Å². The third-order valence-corrected chi connectivity index (χ3v) is 2.41. The van der Waals surface area contributed by atoms with Gasteiger partial charge in [0.2, 0.25) is 0 Å². The van der Waals surface area contributed by atoms with E-state index in [9.17, 15) is 0 Å². The first-order chi connectivity index (χ1) is 7.40. The fourth-order valence-corrected chi connectivity index (χ4v) is 1.63. The molecule has 2 nitrogen and oxygen atoms in total. The van der Waals surface area contributed by atoms with Crippen LogP contribution in [0.3, 0.4) is 0 Å². The van der Waals surface area contributed by atoms with Crippen LogP contribution in [0.5, 0.6) is 0 Å². The number of nitrogens with one attached hydrogen (secondary N) is 1. The Hall–Kier alpha value is -1.51. The number of hydrogen-bond donors (Lipinski definition) is 2. The molecule has 0 aliphatic heterocycles. The molecule has 0 aromatic heterocycles. The van der Waals surface area contributed by atoms with Crippen molar-refractivity contribution in [3.63, 3.8) is 0 Å². The van der Waals surface area contributed by atoms with Gasteiger partial charge in [-0.25, -0.2) is 0 Å². The van der Waals surface area contributed by atoms with Crippen molar-refractivity contribution in [3.05, 3.63) is 65.7 Å². The van der Waals surface area contributed by atoms with Crippen molar-refractivity contribution in [2.24, 2.45) is 5.84 Å². The van der Waals surface area contributed by atoms with Gasteiger partial charge in [-0.2, -0.15) is 0 Å². The van der Waals surface area contributed by atoms with Gasteiger partial charge >= 0.3 is 0 Å². The summed E-state index contributed by atoms with van der Waals surface area (Å²) in [5.74, 6) is 5.45. The second-order valence-corrected chi connectivity index (χ2v) is 3.46. The Morgan fingerprint density at radius 1 is 0.875 bits per heavy atom. The largest absolute Gasteiger partial charge is 0.324 e. The molecule has 0 aliphatic carbocycles. The molecule has 0 unspecified atom stereocenters. The zero-order valence-corrected chi connectivity index (χ0v) is 9.71. The van der Waals surface area contributed by atoms with Gasteiger partial charge in [-0.1, -0.05) is 48.5 Å². The average Bonchev–Trinajstić information content (AvgIpc) is 2.31. The highest BCUT2D eigenvalue weighted by Crippen LogP contribution is 2.17. The molecule has 0 heterocycles. The molecule has 0 saturated carbocycles. The number of halogens is 1. The molecule has 0 atom stereocenters. The molecule has 2 aromatic carbocycles. The lowest BCUT2D eigenvalue weighted by atomic mass is 10.0. The molecule has 2 rings (SSSR count). The SMILES string of the molecule is Cl.NNc1ccccc1Cc1ccccc1. The molecule has 0 saturated heterocycles. The number of rotatable bonds is 3. The van der Waals surface area contributed by atoms with Crippen molar-refractivity contribution in [2.75, 3.05) is 5.43 Å². The monoisotopic (exact) mass is 234 g/mol. The fourth-order valence-electron chi connectivity index (χ4n) is 1.63. The molecular weight excluding hydrogens is 220 g/mol. The first-order valence-electron chi connectivity index (χ1n) is 4.98. The summed E-state index contributed by atoms with van der Waals surface area (Å²) in [6.45, 7) is 0. The van der Waals surface area contributed by atoms with Crippen LogP contribution < -0.4 is 11.3 Å². The third-order valence-electron chi connectivity index (χ3n) is 2.41. The van der Waals surface area contributed by atoms with Gasteiger partial charge in [-0.05, 0) is 23.6 Å². The van der Waals surface area contributed by atoms with Gasteiger partial charge in [0.05, 0.1) is 5.69 Å². The summed E-state index contributed by atoms with van der Waals surface area (Å²) < 4.78 is 0. The predicted octanol–water partition coefficient (Wildman–Crippen LogP) is 2.98. The summed E-state index contributed by atoms with van der Waals surface area (Å²) in [7, 11) is 0. The van der Waals surface area contributed by atoms with E-state index in [1.165, 1.54) is 11.1 Å². The Morgan fingerprint density at radius 3 is 2.19 bits per heavy atom. The Kier molecular flexibility index (Phi) is 4.83. The van der Waals surface area contributed by atoms with E-state index in [-0.39, 0.29) is 12.4 Å². The van der Waals surface area contributed by atoms with Gasteiger partial charge in [0.25, 0.3) is 0 Å². The quantitative estimate of drug-likeness (QED) is 0.633. The van der Waals surface area contributed by atoms with Crippen LogP contribution in [0.1, 0.15) is 11.1 Å². The van der Waals surface area contributed by atoms with Crippen LogP contribution in [-0.2, 0) is 6.42 Å². The average molecular weight is 235 g/mol. The lowest BCUT2D eigenvalue weighted by Crippen LogP contribution is -2.09. The molecule has 0 bridgehead atoms. The Labute approximate surface area is 102 Å². The van der Waals surface area contributed by atoms with Gasteiger partial charge in [0, 0.05) is 0 Å². The number of hydrazine groups is 1. The maximum Gasteiger partial charge on any atom is 0.0520 e. The van der Waals surface area contributed by atoms with Crippen molar-refractivity contribution >= 4 is 18.1 Å². The molecule has 0 spiro atoms. The molecule has 84 valence electrons. The predicted molar refractivity (Wildman–Crippen MR) is 70.7 cm³/mol. The maximum absolute atomic E-state index is 5.45. The van der Waals surface area contributed by atoms with Crippen molar-refractivity contribution in [2.45, 2.75) is 6.42 Å². The second-order valence-electron chi connectivity index (χ2n) is 3.46. The molecule has 2 aromatic rings. The number of hydrogen-bond acceptors (Lipinski definition) is 2. The number of anilines is 1. The normalized spacial score (nSPS) is 9.31. The van der Waals surface area contributed by atoms with Crippen molar-refractivity contribution in [3.8, 4) is 0 Å². The van der Waals surface area contributed by atoms with E-state index in [1.54, 1.807) is 0 Å². The van der Waals surface area contributed by atoms with Crippen molar-refractivity contribution in [1.29, 1.82) is 0 Å². The third kappa shape index (κ3) is 2.99. The lowest BCUT2D eigenvalue weighted by Gasteiger charge is -2.08. The second kappa shape index (κ2) is 6.16. The van der Waals surface area contributed by atoms with Crippen molar-refractivity contribution < 1.29 is 0 Å². The van der Waals surface area contributed by atoms with E-state index >= 15 is 0 Å². The summed E-state index contributed by atoms with van der Waals surface area (Å²) in [5.41, 5.74) is 6.21. The number of para-hydroxylation sites is 1. The summed E-state index contributed by atoms with van der Waals surface area (Å²) in [4.78, 5) is 0. The topological polar surface area (TPSA) is 38.0 Å². The molecular formula is C13H15ClN2. The number of nitrogens with two attached hydrogens (primary N) is 1. The molecule has 0 aliphatic rings. The highest BCUT2D eigenvalue weighted by molar-refractivity contribution is 5.85. The van der Waals surface area contributed by atoms with Crippen LogP contribution in [0.4, 0.5) is 5.69 Å². The van der Waals surface area contributed by atoms with Crippen LogP contribution in [0.15, 0.2) is 54.6 Å². The molecule has 3 heteroatoms. The maximum atomic E-state index is 5.45. The molecule has 0 radical (unpaired) electrons. The van der Waals surface area contributed by atoms with Crippen LogP contribution in [0.25, 0.3) is 0 Å². The van der Waals surface area contributed by atoms with E-state index in [0.29, 0.717) is 0 Å². The van der Waals surface area contributed by atoms with E-state index < -0.39 is 0 Å². The minimum Gasteiger partial charge on any atom is -0.324 e. The fraction of sp³-hybridized carbons (Fsp3) is 0.0769. The summed E-state index contributed by atoms with van der Waals surface area (Å²) in [6, 6.07) is 18.4. The zero-order valence-electron chi connectivity index (χ0n) is 8.89. The van der Waals surface area contributed by atoms with E-state index in [2.05, 4.69) is 23.6 Å². The Morgan fingerprint density at radius 2 is 1.50 bits per heavy atom. The Bertz CT molecular complexity index is 429. The molecule has 0 fully saturated rings. The minimum atomic E-state index is 0. The lowest BCUT2D eigenvalue weighted by molar-refractivity contribution is 1.17. The van der Waals surface area contributed by atoms with E-state index in [0.717, 1.165) is 12.1 Å². The highest BCUT2D eigenvalue weighted by atomic mass is 35.5. The van der Waals surface area contributed by atoms with Gasteiger partial charge in [0.15, 0.2) is 0 Å². The highest BCUT2D eigenvalue weighted by Gasteiger charge is 2.00. The van der Waals surface area contributed by atoms with Gasteiger partial charge in [-0.15, -0.1) is 12.4 Å². The molecule has 0 amide bonds. The molecule has 3 N–H and O–H groups in total. The summed E-state index contributed by atoms with van der Waals surface area (Å²) >= 11 is 0. The van der Waals surface area contributed by atoms with Gasteiger partial charge in [0.1, 0.15) is 0 Å². The van der Waals surface area contributed by atoms with Gasteiger partial charge < -0.3 is 5.43 Å². The zero-order chi connectivity index (χ0) is 10.5. The van der Waals surface area contributed by atoms with E-state index in [4.69, 9.17) is 5.84 Å². The molecule has 16 heavy (non-hydrogen) atoms. The van der Waals surface area contributed by atoms with Crippen molar-refractivity contribution in [1.82, 2.24) is 0 Å². The smallest absolute Gasteiger partial charge is 0.0520 e. The first-order valence-corrected chi connectivity index (χ1v) is 4.98. The minimum absolute atomic E-state index is 0. The number of benzene rings is 2. The van der Waals surface area contributed by atoms with Gasteiger partial charge in [-0.3, -0.25) is 5.84 Å². The summed E-state index contributed by atoms with van der Waals surface area (Å²) in [5, 5.41) is 0. The van der Waals surface area contributed by atoms with Crippen LogP contribution in [0, 0.1) is 0 Å². The number of nitrogen functional groups attached to an aromatic ring is 1. The van der Waals surface area contributed by atoms with E-state index in [1.807, 2.05) is 36.4 Å². The first kappa shape index (κ1) is 12.6. The summed E-state index contributed by atoms with van der Waals surface area (Å²) in [6.07, 6.45) is 0.904.